The van der Waals surface area contributed by atoms with Gasteiger partial charge in [0.15, 0.2) is 0 Å². The predicted molar refractivity (Wildman–Crippen MR) is 92.2 cm³/mol. The van der Waals surface area contributed by atoms with Gasteiger partial charge in [-0.15, -0.1) is 11.3 Å². The lowest BCUT2D eigenvalue weighted by Crippen LogP contribution is -2.29. The number of aromatic amines is 1. The minimum Gasteiger partial charge on any atom is -0.349 e. The molecule has 0 radical (unpaired) electrons. The van der Waals surface area contributed by atoms with Crippen LogP contribution >= 0.6 is 11.3 Å². The molecule has 3 aromatic rings. The number of nitrogens with one attached hydrogen (secondary N) is 2. The molecule has 0 saturated heterocycles. The third kappa shape index (κ3) is 3.28. The van der Waals surface area contributed by atoms with Crippen LogP contribution in [-0.4, -0.2) is 32.4 Å². The van der Waals surface area contributed by atoms with Gasteiger partial charge >= 0.3 is 0 Å². The van der Waals surface area contributed by atoms with Gasteiger partial charge in [-0.05, 0) is 31.4 Å². The van der Waals surface area contributed by atoms with Crippen LogP contribution in [0.3, 0.4) is 0 Å². The van der Waals surface area contributed by atoms with Crippen LogP contribution in [0.2, 0.25) is 0 Å². The Bertz CT molecular complexity index is 891. The Hall–Kier alpha value is -2.74. The molecule has 0 atom stereocenters. The van der Waals surface area contributed by atoms with E-state index in [1.165, 1.54) is 17.0 Å². The van der Waals surface area contributed by atoms with E-state index in [1.54, 1.807) is 11.3 Å². The predicted octanol–water partition coefficient (Wildman–Crippen LogP) is 1.74. The van der Waals surface area contributed by atoms with E-state index in [2.05, 4.69) is 26.7 Å². The first-order chi connectivity index (χ1) is 11.6. The third-order valence-electron chi connectivity index (χ3n) is 3.67. The number of carbonyl (C=O) groups is 1. The normalized spacial score (nSPS) is 10.8. The number of aryl methyl sites for hydroxylation is 1. The van der Waals surface area contributed by atoms with Gasteiger partial charge in [0.25, 0.3) is 11.5 Å². The molecule has 0 spiro atoms. The van der Waals surface area contributed by atoms with E-state index in [1.807, 2.05) is 30.0 Å². The molecule has 1 amide bonds. The van der Waals surface area contributed by atoms with Crippen LogP contribution in [0.1, 0.15) is 21.9 Å². The number of aromatic nitrogens is 4. The first-order valence-corrected chi connectivity index (χ1v) is 8.36. The van der Waals surface area contributed by atoms with Gasteiger partial charge < -0.3 is 5.32 Å². The van der Waals surface area contributed by atoms with E-state index < -0.39 is 0 Å². The summed E-state index contributed by atoms with van der Waals surface area (Å²) < 4.78 is 1.89. The summed E-state index contributed by atoms with van der Waals surface area (Å²) in [6.45, 7) is 5.00. The van der Waals surface area contributed by atoms with Crippen molar-refractivity contribution in [1.29, 1.82) is 0 Å². The molecule has 0 aliphatic carbocycles. The number of carbonyl (C=O) groups excluding carboxylic acids is 1. The van der Waals surface area contributed by atoms with Crippen molar-refractivity contribution in [2.45, 2.75) is 20.4 Å². The fraction of sp³-hybridized carbons (Fsp3) is 0.250. The molecule has 24 heavy (non-hydrogen) atoms. The highest BCUT2D eigenvalue weighted by Crippen LogP contribution is 2.30. The fourth-order valence-electron chi connectivity index (χ4n) is 2.53. The Morgan fingerprint density at radius 2 is 2.17 bits per heavy atom. The van der Waals surface area contributed by atoms with Crippen LogP contribution in [0.25, 0.3) is 10.4 Å². The largest absolute Gasteiger partial charge is 0.349 e. The summed E-state index contributed by atoms with van der Waals surface area (Å²) in [7, 11) is 0. The van der Waals surface area contributed by atoms with Gasteiger partial charge in [-0.25, -0.2) is 5.10 Å². The lowest BCUT2D eigenvalue weighted by molar-refractivity contribution is 0.0945. The van der Waals surface area contributed by atoms with Crippen molar-refractivity contribution >= 4 is 17.2 Å². The smallest absolute Gasteiger partial charge is 0.271 e. The summed E-state index contributed by atoms with van der Waals surface area (Å²) >= 11 is 1.68. The van der Waals surface area contributed by atoms with Crippen molar-refractivity contribution in [3.63, 3.8) is 0 Å². The first-order valence-electron chi connectivity index (χ1n) is 7.48. The summed E-state index contributed by atoms with van der Waals surface area (Å²) in [5.41, 5.74) is 3.05. The first kappa shape index (κ1) is 16.1. The van der Waals surface area contributed by atoms with E-state index in [4.69, 9.17) is 0 Å². The minimum absolute atomic E-state index is 0.183. The molecule has 0 unspecified atom stereocenters. The van der Waals surface area contributed by atoms with Crippen LogP contribution in [0.5, 0.6) is 0 Å². The second-order valence-corrected chi connectivity index (χ2v) is 6.26. The maximum absolute atomic E-state index is 12.0. The Kier molecular flexibility index (Phi) is 4.57. The lowest BCUT2D eigenvalue weighted by atomic mass is 10.1. The molecule has 124 valence electrons. The molecule has 8 heteroatoms. The van der Waals surface area contributed by atoms with Crippen LogP contribution in [-0.2, 0) is 6.54 Å². The quantitative estimate of drug-likeness (QED) is 0.738. The van der Waals surface area contributed by atoms with E-state index in [0.717, 1.165) is 17.0 Å². The zero-order valence-electron chi connectivity index (χ0n) is 13.4. The second kappa shape index (κ2) is 6.79. The number of hydrogen-bond acceptors (Lipinski definition) is 5. The van der Waals surface area contributed by atoms with Crippen LogP contribution in [0.15, 0.2) is 34.4 Å². The van der Waals surface area contributed by atoms with Crippen LogP contribution in [0, 0.1) is 13.8 Å². The second-order valence-electron chi connectivity index (χ2n) is 5.31. The van der Waals surface area contributed by atoms with Gasteiger partial charge in [0, 0.05) is 28.7 Å². The molecule has 0 saturated carbocycles. The number of H-pyrrole nitrogens is 1. The molecule has 0 bridgehead atoms. The summed E-state index contributed by atoms with van der Waals surface area (Å²) in [5.74, 6) is -0.328. The van der Waals surface area contributed by atoms with Crippen molar-refractivity contribution in [1.82, 2.24) is 25.3 Å². The molecule has 7 nitrogen and oxygen atoms in total. The van der Waals surface area contributed by atoms with Crippen molar-refractivity contribution in [2.75, 3.05) is 6.54 Å². The zero-order valence-corrected chi connectivity index (χ0v) is 14.2. The molecule has 3 aromatic heterocycles. The van der Waals surface area contributed by atoms with E-state index in [9.17, 15) is 9.59 Å². The molecule has 0 aromatic carbocycles. The van der Waals surface area contributed by atoms with Gasteiger partial charge in [0.1, 0.15) is 5.69 Å². The fourth-order valence-corrected chi connectivity index (χ4v) is 3.40. The Labute approximate surface area is 142 Å². The molecule has 0 aliphatic heterocycles. The average molecular weight is 343 g/mol. The third-order valence-corrected chi connectivity index (χ3v) is 4.56. The summed E-state index contributed by atoms with van der Waals surface area (Å²) in [6.07, 6.45) is 0. The molecular formula is C16H17N5O2S. The molecule has 3 heterocycles. The summed E-state index contributed by atoms with van der Waals surface area (Å²) in [4.78, 5) is 24.1. The molecule has 2 N–H and O–H groups in total. The summed E-state index contributed by atoms with van der Waals surface area (Å²) in [5, 5.41) is 15.3. The highest BCUT2D eigenvalue weighted by molar-refractivity contribution is 7.13. The molecular weight excluding hydrogens is 326 g/mol. The number of hydrogen-bond donors (Lipinski definition) is 2. The topological polar surface area (TPSA) is 92.7 Å². The molecule has 0 aliphatic rings. The average Bonchev–Trinajstić information content (AvgIpc) is 3.16. The number of amides is 1. The van der Waals surface area contributed by atoms with Gasteiger partial charge in [0.2, 0.25) is 0 Å². The van der Waals surface area contributed by atoms with Crippen molar-refractivity contribution in [2.24, 2.45) is 0 Å². The lowest BCUT2D eigenvalue weighted by Gasteiger charge is -2.07. The van der Waals surface area contributed by atoms with Crippen LogP contribution in [0.4, 0.5) is 0 Å². The SMILES string of the molecule is Cc1nn(CCNC(=O)c2ccc(=O)[nH]n2)c(C)c1-c1cccs1. The maximum atomic E-state index is 12.0. The number of rotatable bonds is 5. The van der Waals surface area contributed by atoms with E-state index in [0.29, 0.717) is 13.1 Å². The van der Waals surface area contributed by atoms with Gasteiger partial charge in [-0.3, -0.25) is 14.3 Å². The van der Waals surface area contributed by atoms with Crippen molar-refractivity contribution in [3.8, 4) is 10.4 Å². The number of thiophene rings is 1. The zero-order chi connectivity index (χ0) is 17.1. The van der Waals surface area contributed by atoms with Gasteiger partial charge in [-0.1, -0.05) is 6.07 Å². The summed E-state index contributed by atoms with van der Waals surface area (Å²) in [6, 6.07) is 6.77. The van der Waals surface area contributed by atoms with E-state index >= 15 is 0 Å². The highest BCUT2D eigenvalue weighted by atomic mass is 32.1. The van der Waals surface area contributed by atoms with Gasteiger partial charge in [-0.2, -0.15) is 10.2 Å². The van der Waals surface area contributed by atoms with Crippen LogP contribution < -0.4 is 10.9 Å². The maximum Gasteiger partial charge on any atom is 0.271 e. The minimum atomic E-state index is -0.338. The number of nitrogens with zero attached hydrogens (tertiary/aromatic N) is 3. The van der Waals surface area contributed by atoms with Crippen molar-refractivity contribution < 1.29 is 4.79 Å². The Balaban J connectivity index is 1.65. The van der Waals surface area contributed by atoms with E-state index in [-0.39, 0.29) is 17.2 Å². The monoisotopic (exact) mass is 343 g/mol. The highest BCUT2D eigenvalue weighted by Gasteiger charge is 2.14. The molecule has 0 fully saturated rings. The Morgan fingerprint density at radius 1 is 1.33 bits per heavy atom. The van der Waals surface area contributed by atoms with Gasteiger partial charge in [0.05, 0.1) is 12.2 Å². The Morgan fingerprint density at radius 3 is 2.83 bits per heavy atom. The standard InChI is InChI=1S/C16H17N5O2S/c1-10-15(13-4-3-9-24-13)11(2)21(20-10)8-7-17-16(23)12-5-6-14(22)19-18-12/h3-6,9H,7-8H2,1-2H3,(H,17,23)(H,19,22). The molecule has 3 rings (SSSR count). The van der Waals surface area contributed by atoms with Crippen molar-refractivity contribution in [3.05, 3.63) is 57.1 Å².